The van der Waals surface area contributed by atoms with E-state index < -0.39 is 0 Å². The number of rotatable bonds is 7. The highest BCUT2D eigenvalue weighted by molar-refractivity contribution is 6.21. The summed E-state index contributed by atoms with van der Waals surface area (Å²) in [6.45, 7) is 5.47. The number of anilines is 1. The number of hydrogen-bond acceptors (Lipinski definition) is 3. The normalized spacial score (nSPS) is 13.9. The number of azo groups is 1. The Morgan fingerprint density at radius 1 is 0.783 bits per heavy atom. The maximum atomic E-state index is 6.14. The fourth-order valence-electron chi connectivity index (χ4n) is 2.23. The van der Waals surface area contributed by atoms with Gasteiger partial charge in [0.2, 0.25) is 0 Å². The molecule has 0 bridgehead atoms. The van der Waals surface area contributed by atoms with Gasteiger partial charge < -0.3 is 4.90 Å². The lowest BCUT2D eigenvalue weighted by atomic mass is 10.2. The van der Waals surface area contributed by atoms with Crippen LogP contribution in [0.15, 0.2) is 64.8 Å². The first-order chi connectivity index (χ1) is 11.0. The van der Waals surface area contributed by atoms with Crippen LogP contribution in [0, 0.1) is 0 Å². The first kappa shape index (κ1) is 17.8. The smallest absolute Gasteiger partial charge is 0.0858 e. The summed E-state index contributed by atoms with van der Waals surface area (Å²) in [6.07, 6.45) is 0. The summed E-state index contributed by atoms with van der Waals surface area (Å²) in [6, 6.07) is 17.6. The quantitative estimate of drug-likeness (QED) is 0.434. The maximum absolute atomic E-state index is 6.14. The Balaban J connectivity index is 2.09. The largest absolute Gasteiger partial charge is 0.369 e. The van der Waals surface area contributed by atoms with Crippen molar-refractivity contribution in [3.8, 4) is 0 Å². The Morgan fingerprint density at radius 3 is 1.74 bits per heavy atom. The molecule has 0 unspecified atom stereocenters. The Labute approximate surface area is 147 Å². The van der Waals surface area contributed by atoms with E-state index in [1.54, 1.807) is 0 Å². The van der Waals surface area contributed by atoms with Crippen molar-refractivity contribution >= 4 is 40.3 Å². The predicted molar refractivity (Wildman–Crippen MR) is 99.9 cm³/mol. The lowest BCUT2D eigenvalue weighted by Crippen LogP contribution is -2.33. The van der Waals surface area contributed by atoms with E-state index in [0.717, 1.165) is 30.2 Å². The summed E-state index contributed by atoms with van der Waals surface area (Å²) in [5, 5.41) is 8.59. The molecule has 0 aliphatic heterocycles. The highest BCUT2D eigenvalue weighted by Gasteiger charge is 2.12. The molecule has 0 amide bonds. The van der Waals surface area contributed by atoms with Crippen molar-refractivity contribution in [1.29, 1.82) is 0 Å². The van der Waals surface area contributed by atoms with Crippen molar-refractivity contribution in [3.63, 3.8) is 0 Å². The molecule has 5 heteroatoms. The third-order valence-electron chi connectivity index (χ3n) is 3.20. The minimum Gasteiger partial charge on any atom is -0.369 e. The lowest BCUT2D eigenvalue weighted by Gasteiger charge is -2.27. The van der Waals surface area contributed by atoms with Crippen LogP contribution < -0.4 is 4.90 Å². The van der Waals surface area contributed by atoms with Crippen LogP contribution in [0.5, 0.6) is 0 Å². The number of halogens is 2. The van der Waals surface area contributed by atoms with E-state index in [2.05, 4.69) is 15.1 Å². The van der Waals surface area contributed by atoms with Crippen LogP contribution in [0.25, 0.3) is 0 Å². The summed E-state index contributed by atoms with van der Waals surface area (Å²) in [5.41, 5.74) is 2.74. The van der Waals surface area contributed by atoms with Gasteiger partial charge in [-0.15, -0.1) is 23.2 Å². The molecule has 0 aromatic heterocycles. The van der Waals surface area contributed by atoms with Gasteiger partial charge in [0.1, 0.15) is 0 Å². The van der Waals surface area contributed by atoms with Crippen molar-refractivity contribution in [2.45, 2.75) is 24.6 Å². The predicted octanol–water partition coefficient (Wildman–Crippen LogP) is 6.16. The molecular weight excluding hydrogens is 329 g/mol. The van der Waals surface area contributed by atoms with E-state index in [4.69, 9.17) is 23.2 Å². The van der Waals surface area contributed by atoms with E-state index in [-0.39, 0.29) is 10.8 Å². The number of nitrogens with zero attached hydrogens (tertiary/aromatic N) is 3. The zero-order chi connectivity index (χ0) is 16.7. The monoisotopic (exact) mass is 349 g/mol. The van der Waals surface area contributed by atoms with E-state index in [1.165, 1.54) is 0 Å². The van der Waals surface area contributed by atoms with Gasteiger partial charge in [-0.3, -0.25) is 0 Å². The molecule has 0 spiro atoms. The van der Waals surface area contributed by atoms with Crippen LogP contribution >= 0.6 is 23.2 Å². The van der Waals surface area contributed by atoms with Crippen molar-refractivity contribution in [2.24, 2.45) is 10.2 Å². The molecule has 2 aromatic rings. The summed E-state index contributed by atoms with van der Waals surface area (Å²) < 4.78 is 0. The molecular formula is C18H21Cl2N3. The van der Waals surface area contributed by atoms with Gasteiger partial charge >= 0.3 is 0 Å². The van der Waals surface area contributed by atoms with Crippen LogP contribution in [0.4, 0.5) is 17.1 Å². The minimum atomic E-state index is 0.0582. The van der Waals surface area contributed by atoms with Gasteiger partial charge in [-0.05, 0) is 50.2 Å². The second kappa shape index (κ2) is 8.90. The van der Waals surface area contributed by atoms with Gasteiger partial charge in [-0.1, -0.05) is 18.2 Å². The third-order valence-corrected chi connectivity index (χ3v) is 3.47. The first-order valence-electron chi connectivity index (χ1n) is 7.64. The molecule has 23 heavy (non-hydrogen) atoms. The molecule has 3 nitrogen and oxygen atoms in total. The fourth-order valence-corrected chi connectivity index (χ4v) is 2.57. The van der Waals surface area contributed by atoms with Gasteiger partial charge in [-0.25, -0.2) is 0 Å². The number of hydrogen-bond donors (Lipinski definition) is 0. The van der Waals surface area contributed by atoms with Crippen molar-refractivity contribution in [3.05, 3.63) is 54.6 Å². The molecule has 0 radical (unpaired) electrons. The Hall–Kier alpha value is -1.58. The average molecular weight is 350 g/mol. The van der Waals surface area contributed by atoms with E-state index >= 15 is 0 Å². The second-order valence-electron chi connectivity index (χ2n) is 5.52. The van der Waals surface area contributed by atoms with Crippen LogP contribution in [0.3, 0.4) is 0 Å². The zero-order valence-corrected chi connectivity index (χ0v) is 14.9. The molecule has 0 aliphatic rings. The van der Waals surface area contributed by atoms with Crippen LogP contribution in [-0.2, 0) is 0 Å². The number of benzene rings is 2. The van der Waals surface area contributed by atoms with E-state index in [0.29, 0.717) is 0 Å². The third kappa shape index (κ3) is 6.20. The fraction of sp³-hybridized carbons (Fsp3) is 0.333. The summed E-state index contributed by atoms with van der Waals surface area (Å²) >= 11 is 12.3. The van der Waals surface area contributed by atoms with Crippen molar-refractivity contribution in [1.82, 2.24) is 0 Å². The molecule has 2 atom stereocenters. The maximum Gasteiger partial charge on any atom is 0.0858 e. The molecule has 0 saturated carbocycles. The van der Waals surface area contributed by atoms with Gasteiger partial charge in [-0.2, -0.15) is 10.2 Å². The molecule has 2 aromatic carbocycles. The Bertz CT molecular complexity index is 600. The highest BCUT2D eigenvalue weighted by Crippen LogP contribution is 2.23. The first-order valence-corrected chi connectivity index (χ1v) is 8.52. The topological polar surface area (TPSA) is 28.0 Å². The molecule has 0 heterocycles. The summed E-state index contributed by atoms with van der Waals surface area (Å²) in [7, 11) is 0. The molecule has 122 valence electrons. The van der Waals surface area contributed by atoms with Gasteiger partial charge in [0.05, 0.1) is 11.4 Å². The highest BCUT2D eigenvalue weighted by atomic mass is 35.5. The second-order valence-corrected chi connectivity index (χ2v) is 7.01. The molecule has 0 saturated heterocycles. The molecule has 0 fully saturated rings. The Morgan fingerprint density at radius 2 is 1.26 bits per heavy atom. The zero-order valence-electron chi connectivity index (χ0n) is 13.4. The Kier molecular flexibility index (Phi) is 6.87. The van der Waals surface area contributed by atoms with Gasteiger partial charge in [0.25, 0.3) is 0 Å². The van der Waals surface area contributed by atoms with E-state index in [9.17, 15) is 0 Å². The van der Waals surface area contributed by atoms with Crippen molar-refractivity contribution < 1.29 is 0 Å². The van der Waals surface area contributed by atoms with Crippen LogP contribution in [0.2, 0.25) is 0 Å². The van der Waals surface area contributed by atoms with Gasteiger partial charge in [0, 0.05) is 29.5 Å². The standard InChI is InChI=1S/C18H21Cl2N3/c1-14(19)12-23(13-15(2)20)18-10-8-17(9-11-18)22-21-16-6-4-3-5-7-16/h3-11,14-15H,12-13H2,1-2H3/t14-,15-/m1/s1. The van der Waals surface area contributed by atoms with E-state index in [1.807, 2.05) is 68.4 Å². The summed E-state index contributed by atoms with van der Waals surface area (Å²) in [4.78, 5) is 2.19. The minimum absolute atomic E-state index is 0.0582. The molecule has 0 N–H and O–H groups in total. The van der Waals surface area contributed by atoms with Crippen LogP contribution in [0.1, 0.15) is 13.8 Å². The SMILES string of the molecule is C[C@@H](Cl)CN(C[C@@H](C)Cl)c1ccc(N=Nc2ccccc2)cc1. The lowest BCUT2D eigenvalue weighted by molar-refractivity contribution is 0.753. The average Bonchev–Trinajstić information content (AvgIpc) is 2.53. The molecule has 0 aliphatic carbocycles. The summed E-state index contributed by atoms with van der Waals surface area (Å²) in [5.74, 6) is 0. The van der Waals surface area contributed by atoms with Gasteiger partial charge in [0.15, 0.2) is 0 Å². The molecule has 2 rings (SSSR count). The number of alkyl halides is 2. The van der Waals surface area contributed by atoms with Crippen molar-refractivity contribution in [2.75, 3.05) is 18.0 Å². The van der Waals surface area contributed by atoms with Crippen LogP contribution in [-0.4, -0.2) is 23.8 Å².